The third kappa shape index (κ3) is 3.39. The largest absolute Gasteiger partial charge is 0.390 e. The molecule has 8 heteroatoms. The molecule has 0 aromatic heterocycles. The van der Waals surface area contributed by atoms with Crippen LogP contribution in [0.2, 0.25) is 5.02 Å². The molecule has 98 valence electrons. The van der Waals surface area contributed by atoms with E-state index in [1.807, 2.05) is 0 Å². The van der Waals surface area contributed by atoms with Crippen molar-refractivity contribution in [3.8, 4) is 0 Å². The first-order chi connectivity index (χ1) is 8.32. The minimum absolute atomic E-state index is 0.0830. The minimum atomic E-state index is -1.45. The van der Waals surface area contributed by atoms with Crippen molar-refractivity contribution < 1.29 is 19.9 Å². The second kappa shape index (κ2) is 5.76. The van der Waals surface area contributed by atoms with Gasteiger partial charge in [0, 0.05) is 6.07 Å². The Bertz CT molecular complexity index is 479. The van der Waals surface area contributed by atoms with Gasteiger partial charge in [-0.1, -0.05) is 17.7 Å². The van der Waals surface area contributed by atoms with E-state index in [9.17, 15) is 25.1 Å². The van der Waals surface area contributed by atoms with Crippen molar-refractivity contribution in [3.63, 3.8) is 0 Å². The molecule has 18 heavy (non-hydrogen) atoms. The summed E-state index contributed by atoms with van der Waals surface area (Å²) in [7, 11) is 0. The lowest BCUT2D eigenvalue weighted by molar-refractivity contribution is -0.384. The van der Waals surface area contributed by atoms with E-state index in [1.165, 1.54) is 12.1 Å². The first kappa shape index (κ1) is 14.4. The Morgan fingerprint density at radius 3 is 2.61 bits per heavy atom. The SMILES string of the molecule is NC(=O)CC(O)C(O)c1ccc(Cl)c([N+](=O)[O-])c1. The van der Waals surface area contributed by atoms with E-state index in [4.69, 9.17) is 17.3 Å². The van der Waals surface area contributed by atoms with Gasteiger partial charge in [-0.25, -0.2) is 0 Å². The van der Waals surface area contributed by atoms with Gasteiger partial charge in [0.2, 0.25) is 5.91 Å². The molecule has 2 atom stereocenters. The Hall–Kier alpha value is -1.70. The Kier molecular flexibility index (Phi) is 4.60. The van der Waals surface area contributed by atoms with Crippen LogP contribution in [0.1, 0.15) is 18.1 Å². The van der Waals surface area contributed by atoms with Crippen molar-refractivity contribution >= 4 is 23.2 Å². The predicted octanol–water partition coefficient (Wildman–Crippen LogP) is 0.518. The van der Waals surface area contributed by atoms with Crippen LogP contribution in [0, 0.1) is 10.1 Å². The maximum Gasteiger partial charge on any atom is 0.288 e. The maximum atomic E-state index is 10.6. The molecule has 0 aliphatic heterocycles. The smallest absolute Gasteiger partial charge is 0.288 e. The molecular weight excluding hydrogens is 264 g/mol. The number of carbonyl (C=O) groups excluding carboxylic acids is 1. The number of nitro benzene ring substituents is 1. The van der Waals surface area contributed by atoms with Crippen LogP contribution in [-0.4, -0.2) is 27.1 Å². The summed E-state index contributed by atoms with van der Waals surface area (Å²) in [6, 6.07) is 3.59. The molecule has 0 fully saturated rings. The molecule has 0 bridgehead atoms. The molecule has 0 saturated carbocycles. The van der Waals surface area contributed by atoms with Gasteiger partial charge in [0.1, 0.15) is 11.1 Å². The molecule has 0 aliphatic carbocycles. The number of carbonyl (C=O) groups is 1. The summed E-state index contributed by atoms with van der Waals surface area (Å²) < 4.78 is 0. The highest BCUT2D eigenvalue weighted by molar-refractivity contribution is 6.32. The van der Waals surface area contributed by atoms with E-state index in [0.29, 0.717) is 0 Å². The first-order valence-corrected chi connectivity index (χ1v) is 5.29. The molecule has 0 heterocycles. The van der Waals surface area contributed by atoms with Crippen LogP contribution in [0.4, 0.5) is 5.69 Å². The zero-order valence-electron chi connectivity index (χ0n) is 9.12. The number of hydrogen-bond acceptors (Lipinski definition) is 5. The highest BCUT2D eigenvalue weighted by Crippen LogP contribution is 2.29. The third-order valence-electron chi connectivity index (χ3n) is 2.28. The number of aliphatic hydroxyl groups excluding tert-OH is 2. The average Bonchev–Trinajstić information content (AvgIpc) is 2.27. The summed E-state index contributed by atoms with van der Waals surface area (Å²) >= 11 is 5.60. The van der Waals surface area contributed by atoms with Crippen molar-refractivity contribution in [2.75, 3.05) is 0 Å². The van der Waals surface area contributed by atoms with Crippen LogP contribution < -0.4 is 5.73 Å². The van der Waals surface area contributed by atoms with Gasteiger partial charge in [-0.15, -0.1) is 0 Å². The van der Waals surface area contributed by atoms with Crippen molar-refractivity contribution in [1.82, 2.24) is 0 Å². The van der Waals surface area contributed by atoms with Crippen molar-refractivity contribution in [2.45, 2.75) is 18.6 Å². The van der Waals surface area contributed by atoms with Crippen LogP contribution >= 0.6 is 11.6 Å². The van der Waals surface area contributed by atoms with E-state index in [2.05, 4.69) is 0 Å². The van der Waals surface area contributed by atoms with Crippen molar-refractivity contribution in [2.24, 2.45) is 5.73 Å². The summed E-state index contributed by atoms with van der Waals surface area (Å²) in [5, 5.41) is 29.8. The summed E-state index contributed by atoms with van der Waals surface area (Å²) in [5.74, 6) is -0.787. The lowest BCUT2D eigenvalue weighted by atomic mass is 10.0. The molecule has 1 aromatic carbocycles. The van der Waals surface area contributed by atoms with Gasteiger partial charge < -0.3 is 15.9 Å². The Balaban J connectivity index is 2.99. The quantitative estimate of drug-likeness (QED) is 0.533. The van der Waals surface area contributed by atoms with Crippen molar-refractivity contribution in [1.29, 1.82) is 0 Å². The zero-order chi connectivity index (χ0) is 13.9. The number of rotatable bonds is 5. The second-order valence-corrected chi connectivity index (χ2v) is 4.06. The highest BCUT2D eigenvalue weighted by Gasteiger charge is 2.23. The van der Waals surface area contributed by atoms with Crippen LogP contribution in [0.3, 0.4) is 0 Å². The number of hydrogen-bond donors (Lipinski definition) is 3. The predicted molar refractivity (Wildman–Crippen MR) is 62.9 cm³/mol. The fourth-order valence-electron chi connectivity index (χ4n) is 1.39. The summed E-state index contributed by atoms with van der Waals surface area (Å²) in [6.07, 6.45) is -3.32. The van der Waals surface area contributed by atoms with Gasteiger partial charge in [0.05, 0.1) is 17.4 Å². The lowest BCUT2D eigenvalue weighted by Gasteiger charge is -2.16. The highest BCUT2D eigenvalue weighted by atomic mass is 35.5. The molecule has 1 amide bonds. The normalized spacial score (nSPS) is 13.9. The van der Waals surface area contributed by atoms with Gasteiger partial charge in [-0.3, -0.25) is 14.9 Å². The van der Waals surface area contributed by atoms with Gasteiger partial charge in [0.25, 0.3) is 5.69 Å². The monoisotopic (exact) mass is 274 g/mol. The molecule has 0 saturated heterocycles. The van der Waals surface area contributed by atoms with E-state index in [-0.39, 0.29) is 16.3 Å². The number of aliphatic hydroxyl groups is 2. The molecule has 1 aromatic rings. The van der Waals surface area contributed by atoms with Gasteiger partial charge in [-0.05, 0) is 11.6 Å². The number of amides is 1. The topological polar surface area (TPSA) is 127 Å². The second-order valence-electron chi connectivity index (χ2n) is 3.65. The summed E-state index contributed by atoms with van der Waals surface area (Å²) in [6.45, 7) is 0. The summed E-state index contributed by atoms with van der Waals surface area (Å²) in [4.78, 5) is 20.5. The first-order valence-electron chi connectivity index (χ1n) is 4.91. The molecule has 7 nitrogen and oxygen atoms in total. The number of halogens is 1. The van der Waals surface area contributed by atoms with E-state index in [0.717, 1.165) is 6.07 Å². The molecule has 4 N–H and O–H groups in total. The number of benzene rings is 1. The fourth-order valence-corrected chi connectivity index (χ4v) is 1.58. The van der Waals surface area contributed by atoms with Gasteiger partial charge >= 0.3 is 0 Å². The Labute approximate surface area is 107 Å². The number of nitrogens with zero attached hydrogens (tertiary/aromatic N) is 1. The van der Waals surface area contributed by atoms with Crippen LogP contribution in [0.25, 0.3) is 0 Å². The van der Waals surface area contributed by atoms with E-state index < -0.39 is 29.5 Å². The molecule has 0 radical (unpaired) electrons. The standard InChI is InChI=1S/C10H11ClN2O5/c11-6-2-1-5(3-7(6)13(17)18)10(16)8(14)4-9(12)15/h1-3,8,10,14,16H,4H2,(H2,12,15). The van der Waals surface area contributed by atoms with Crippen LogP contribution in [-0.2, 0) is 4.79 Å². The maximum absolute atomic E-state index is 10.6. The van der Waals surface area contributed by atoms with E-state index in [1.54, 1.807) is 0 Å². The zero-order valence-corrected chi connectivity index (χ0v) is 9.87. The fraction of sp³-hybridized carbons (Fsp3) is 0.300. The van der Waals surface area contributed by atoms with Crippen LogP contribution in [0.15, 0.2) is 18.2 Å². The molecule has 1 rings (SSSR count). The van der Waals surface area contributed by atoms with Crippen LogP contribution in [0.5, 0.6) is 0 Å². The molecule has 0 aliphatic rings. The number of nitrogens with two attached hydrogens (primary N) is 1. The third-order valence-corrected chi connectivity index (χ3v) is 2.60. The number of nitro groups is 1. The molecule has 0 spiro atoms. The lowest BCUT2D eigenvalue weighted by Crippen LogP contribution is -2.25. The van der Waals surface area contributed by atoms with Crippen molar-refractivity contribution in [3.05, 3.63) is 38.9 Å². The Morgan fingerprint density at radius 2 is 2.11 bits per heavy atom. The minimum Gasteiger partial charge on any atom is -0.390 e. The molecular formula is C10H11ClN2O5. The van der Waals surface area contributed by atoms with E-state index >= 15 is 0 Å². The number of primary amides is 1. The van der Waals surface area contributed by atoms with Gasteiger partial charge in [-0.2, -0.15) is 0 Å². The average molecular weight is 275 g/mol. The Morgan fingerprint density at radius 1 is 1.50 bits per heavy atom. The van der Waals surface area contributed by atoms with Gasteiger partial charge in [0.15, 0.2) is 0 Å². The molecule has 2 unspecified atom stereocenters. The summed E-state index contributed by atoms with van der Waals surface area (Å²) in [5.41, 5.74) is 4.57.